The van der Waals surface area contributed by atoms with Gasteiger partial charge < -0.3 is 9.47 Å². The number of hydrogen-bond donors (Lipinski definition) is 0. The average Bonchev–Trinajstić information content (AvgIpc) is 2.48. The summed E-state index contributed by atoms with van der Waals surface area (Å²) >= 11 is 10.1. The second-order valence-corrected chi connectivity index (χ2v) is 6.10. The van der Waals surface area contributed by atoms with E-state index in [9.17, 15) is 0 Å². The van der Waals surface area contributed by atoms with E-state index in [0.717, 1.165) is 21.3 Å². The zero-order valence-corrected chi connectivity index (χ0v) is 14.4. The molecule has 1 unspecified atom stereocenters. The van der Waals surface area contributed by atoms with Crippen LogP contribution in [0.2, 0.25) is 0 Å². The van der Waals surface area contributed by atoms with Gasteiger partial charge in [-0.05, 0) is 46.1 Å². The van der Waals surface area contributed by atoms with Crippen LogP contribution in [-0.2, 0) is 4.74 Å². The zero-order valence-electron chi connectivity index (χ0n) is 12.1. The third kappa shape index (κ3) is 4.47. The Kier molecular flexibility index (Phi) is 6.09. The number of hydrogen-bond acceptors (Lipinski definition) is 2. The topological polar surface area (TPSA) is 18.5 Å². The van der Waals surface area contributed by atoms with E-state index in [2.05, 4.69) is 35.0 Å². The first kappa shape index (κ1) is 16.3. The van der Waals surface area contributed by atoms with Crippen LogP contribution < -0.4 is 4.74 Å². The van der Waals surface area contributed by atoms with Gasteiger partial charge >= 0.3 is 0 Å². The minimum absolute atomic E-state index is 0.172. The van der Waals surface area contributed by atoms with Crippen LogP contribution >= 0.6 is 27.5 Å². The van der Waals surface area contributed by atoms with Crippen LogP contribution in [0.25, 0.3) is 0 Å². The molecule has 1 atom stereocenters. The minimum Gasteiger partial charge on any atom is -0.490 e. The first-order valence-electron chi connectivity index (χ1n) is 6.73. The molecule has 0 aromatic heterocycles. The Bertz CT molecular complexity index is 601. The molecule has 0 saturated carbocycles. The molecule has 21 heavy (non-hydrogen) atoms. The Hall–Kier alpha value is -1.03. The van der Waals surface area contributed by atoms with Gasteiger partial charge in [-0.1, -0.05) is 35.9 Å². The third-order valence-corrected chi connectivity index (χ3v) is 4.25. The SMILES string of the molecule is COCCOc1ccc(C(Cl)c2cccc(C)c2)cc1Br. The molecule has 0 radical (unpaired) electrons. The van der Waals surface area contributed by atoms with Crippen LogP contribution in [-0.4, -0.2) is 20.3 Å². The standard InChI is InChI=1S/C17H18BrClO2/c1-12-4-3-5-13(10-12)17(19)14-6-7-16(15(18)11-14)21-9-8-20-2/h3-7,10-11,17H,8-9H2,1-2H3. The summed E-state index contributed by atoms with van der Waals surface area (Å²) in [7, 11) is 1.65. The van der Waals surface area contributed by atoms with Gasteiger partial charge in [0.05, 0.1) is 16.5 Å². The van der Waals surface area contributed by atoms with Crippen molar-refractivity contribution in [1.82, 2.24) is 0 Å². The lowest BCUT2D eigenvalue weighted by Gasteiger charge is -2.14. The molecule has 2 rings (SSSR count). The Morgan fingerprint density at radius 3 is 2.52 bits per heavy atom. The fourth-order valence-electron chi connectivity index (χ4n) is 2.05. The van der Waals surface area contributed by atoms with Gasteiger partial charge in [-0.2, -0.15) is 0 Å². The Labute approximate surface area is 139 Å². The first-order valence-corrected chi connectivity index (χ1v) is 7.96. The molecule has 0 fully saturated rings. The van der Waals surface area contributed by atoms with E-state index in [1.165, 1.54) is 5.56 Å². The molecule has 0 spiro atoms. The molecule has 0 heterocycles. The first-order chi connectivity index (χ1) is 10.1. The van der Waals surface area contributed by atoms with Crippen molar-refractivity contribution in [3.8, 4) is 5.75 Å². The van der Waals surface area contributed by atoms with Crippen LogP contribution in [0, 0.1) is 6.92 Å². The van der Waals surface area contributed by atoms with Crippen LogP contribution in [0.3, 0.4) is 0 Å². The maximum atomic E-state index is 6.57. The summed E-state index contributed by atoms with van der Waals surface area (Å²) in [5.41, 5.74) is 3.33. The molecule has 2 aromatic rings. The van der Waals surface area contributed by atoms with Gasteiger partial charge in [-0.25, -0.2) is 0 Å². The second kappa shape index (κ2) is 7.83. The lowest BCUT2D eigenvalue weighted by atomic mass is 10.0. The lowest BCUT2D eigenvalue weighted by molar-refractivity contribution is 0.146. The molecule has 0 aliphatic carbocycles. The van der Waals surface area contributed by atoms with Crippen molar-refractivity contribution in [2.75, 3.05) is 20.3 Å². The zero-order chi connectivity index (χ0) is 15.2. The lowest BCUT2D eigenvalue weighted by Crippen LogP contribution is -2.05. The fourth-order valence-corrected chi connectivity index (χ4v) is 2.83. The van der Waals surface area contributed by atoms with Gasteiger partial charge in [0.2, 0.25) is 0 Å². The van der Waals surface area contributed by atoms with E-state index in [1.807, 2.05) is 30.3 Å². The Balaban J connectivity index is 2.15. The van der Waals surface area contributed by atoms with E-state index < -0.39 is 0 Å². The molecule has 2 aromatic carbocycles. The largest absolute Gasteiger partial charge is 0.490 e. The van der Waals surface area contributed by atoms with Crippen LogP contribution in [0.4, 0.5) is 0 Å². The predicted octanol–water partition coefficient (Wildman–Crippen LogP) is 5.11. The van der Waals surface area contributed by atoms with Crippen molar-refractivity contribution in [1.29, 1.82) is 0 Å². The average molecular weight is 370 g/mol. The van der Waals surface area contributed by atoms with Gasteiger partial charge in [-0.3, -0.25) is 0 Å². The van der Waals surface area contributed by atoms with Gasteiger partial charge in [0, 0.05) is 7.11 Å². The van der Waals surface area contributed by atoms with Crippen LogP contribution in [0.5, 0.6) is 5.75 Å². The van der Waals surface area contributed by atoms with Crippen molar-refractivity contribution in [2.45, 2.75) is 12.3 Å². The Morgan fingerprint density at radius 1 is 1.10 bits per heavy atom. The molecule has 0 amide bonds. The summed E-state index contributed by atoms with van der Waals surface area (Å²) in [4.78, 5) is 0. The number of ether oxygens (including phenoxy) is 2. The molecule has 0 N–H and O–H groups in total. The number of alkyl halides is 1. The van der Waals surface area contributed by atoms with Crippen LogP contribution in [0.15, 0.2) is 46.9 Å². The fraction of sp³-hybridized carbons (Fsp3) is 0.294. The van der Waals surface area contributed by atoms with E-state index >= 15 is 0 Å². The van der Waals surface area contributed by atoms with Gasteiger partial charge in [0.1, 0.15) is 12.4 Å². The van der Waals surface area contributed by atoms with Crippen molar-refractivity contribution in [3.63, 3.8) is 0 Å². The van der Waals surface area contributed by atoms with Crippen molar-refractivity contribution < 1.29 is 9.47 Å². The number of methoxy groups -OCH3 is 1. The molecule has 2 nitrogen and oxygen atoms in total. The van der Waals surface area contributed by atoms with Crippen molar-refractivity contribution in [2.24, 2.45) is 0 Å². The monoisotopic (exact) mass is 368 g/mol. The van der Waals surface area contributed by atoms with Crippen LogP contribution in [0.1, 0.15) is 22.1 Å². The highest BCUT2D eigenvalue weighted by atomic mass is 79.9. The highest BCUT2D eigenvalue weighted by Crippen LogP contribution is 2.34. The number of aryl methyl sites for hydroxylation is 1. The number of rotatable bonds is 6. The van der Waals surface area contributed by atoms with E-state index in [0.29, 0.717) is 13.2 Å². The maximum absolute atomic E-state index is 6.57. The molecule has 0 aliphatic rings. The molecule has 0 bridgehead atoms. The summed E-state index contributed by atoms with van der Waals surface area (Å²) in [6.45, 7) is 3.15. The summed E-state index contributed by atoms with van der Waals surface area (Å²) in [5, 5.41) is -0.172. The molecular formula is C17H18BrClO2. The number of halogens is 2. The Morgan fingerprint density at radius 2 is 1.86 bits per heavy atom. The molecular weight excluding hydrogens is 352 g/mol. The van der Waals surface area contributed by atoms with E-state index in [1.54, 1.807) is 7.11 Å². The summed E-state index contributed by atoms with van der Waals surface area (Å²) < 4.78 is 11.5. The molecule has 0 aliphatic heterocycles. The summed E-state index contributed by atoms with van der Waals surface area (Å²) in [6, 6.07) is 14.2. The minimum atomic E-state index is -0.172. The smallest absolute Gasteiger partial charge is 0.133 e. The van der Waals surface area contributed by atoms with Crippen molar-refractivity contribution >= 4 is 27.5 Å². The van der Waals surface area contributed by atoms with Crippen molar-refractivity contribution in [3.05, 3.63) is 63.6 Å². The van der Waals surface area contributed by atoms with E-state index in [4.69, 9.17) is 21.1 Å². The molecule has 112 valence electrons. The third-order valence-electron chi connectivity index (χ3n) is 3.13. The number of benzene rings is 2. The predicted molar refractivity (Wildman–Crippen MR) is 90.4 cm³/mol. The normalized spacial score (nSPS) is 12.2. The maximum Gasteiger partial charge on any atom is 0.133 e. The van der Waals surface area contributed by atoms with Gasteiger partial charge in [0.15, 0.2) is 0 Å². The summed E-state index contributed by atoms with van der Waals surface area (Å²) in [6.07, 6.45) is 0. The van der Waals surface area contributed by atoms with Gasteiger partial charge in [-0.15, -0.1) is 11.6 Å². The molecule has 0 saturated heterocycles. The van der Waals surface area contributed by atoms with E-state index in [-0.39, 0.29) is 5.38 Å². The molecule has 4 heteroatoms. The second-order valence-electron chi connectivity index (χ2n) is 4.81. The van der Waals surface area contributed by atoms with Gasteiger partial charge in [0.25, 0.3) is 0 Å². The quantitative estimate of drug-likeness (QED) is 0.520. The highest BCUT2D eigenvalue weighted by molar-refractivity contribution is 9.10. The highest BCUT2D eigenvalue weighted by Gasteiger charge is 2.13. The summed E-state index contributed by atoms with van der Waals surface area (Å²) in [5.74, 6) is 0.795.